The van der Waals surface area contributed by atoms with Crippen molar-refractivity contribution < 1.29 is 19.7 Å². The number of methoxy groups -OCH3 is 1. The third-order valence-electron chi connectivity index (χ3n) is 1.40. The number of esters is 1. The molecule has 0 bridgehead atoms. The molecule has 0 saturated carbocycles. The molecular weight excluding hydrogens is 148 g/mol. The van der Waals surface area contributed by atoms with E-state index in [1.54, 1.807) is 0 Å². The van der Waals surface area contributed by atoms with Crippen molar-refractivity contribution in [1.82, 2.24) is 0 Å². The molecule has 0 aliphatic rings. The average molecular weight is 162 g/mol. The molecule has 0 radical (unpaired) electrons. The molecule has 0 aromatic rings. The molecule has 0 aliphatic heterocycles. The molecule has 4 nitrogen and oxygen atoms in total. The Bertz CT molecular complexity index is 136. The molecule has 0 amide bonds. The zero-order valence-electron chi connectivity index (χ0n) is 7.00. The summed E-state index contributed by atoms with van der Waals surface area (Å²) in [6.07, 6.45) is -1.25. The minimum Gasteiger partial charge on any atom is -0.469 e. The van der Waals surface area contributed by atoms with Gasteiger partial charge in [-0.3, -0.25) is 4.79 Å². The van der Waals surface area contributed by atoms with Crippen LogP contribution >= 0.6 is 0 Å². The molecule has 11 heavy (non-hydrogen) atoms. The van der Waals surface area contributed by atoms with Crippen molar-refractivity contribution >= 4 is 5.97 Å². The van der Waals surface area contributed by atoms with Gasteiger partial charge in [-0.25, -0.2) is 0 Å². The van der Waals surface area contributed by atoms with Gasteiger partial charge in [-0.05, 0) is 13.8 Å². The van der Waals surface area contributed by atoms with Gasteiger partial charge in [-0.2, -0.15) is 0 Å². The lowest BCUT2D eigenvalue weighted by atomic mass is 9.99. The highest BCUT2D eigenvalue weighted by Crippen LogP contribution is 2.11. The number of ether oxygens (including phenoxy) is 1. The number of carbonyl (C=O) groups is 1. The molecule has 4 heteroatoms. The smallest absolute Gasteiger partial charge is 0.308 e. The van der Waals surface area contributed by atoms with Gasteiger partial charge in [0.1, 0.15) is 0 Å². The normalized spacial score (nSPS) is 14.3. The summed E-state index contributed by atoms with van der Waals surface area (Å²) in [5.74, 6) is -0.528. The van der Waals surface area contributed by atoms with E-state index in [0.717, 1.165) is 0 Å². The van der Waals surface area contributed by atoms with E-state index in [2.05, 4.69) is 4.74 Å². The fourth-order valence-electron chi connectivity index (χ4n) is 0.491. The van der Waals surface area contributed by atoms with Gasteiger partial charge >= 0.3 is 5.97 Å². The van der Waals surface area contributed by atoms with Crippen LogP contribution in [-0.4, -0.2) is 35.0 Å². The highest BCUT2D eigenvalue weighted by atomic mass is 16.5. The predicted molar refractivity (Wildman–Crippen MR) is 38.9 cm³/mol. The van der Waals surface area contributed by atoms with Crippen molar-refractivity contribution in [2.75, 3.05) is 7.11 Å². The fraction of sp³-hybridized carbons (Fsp3) is 0.857. The first-order valence-electron chi connectivity index (χ1n) is 3.35. The molecule has 2 N–H and O–H groups in total. The first kappa shape index (κ1) is 10.4. The van der Waals surface area contributed by atoms with Crippen LogP contribution in [0.15, 0.2) is 0 Å². The van der Waals surface area contributed by atoms with Crippen LogP contribution in [0.4, 0.5) is 0 Å². The molecule has 0 rings (SSSR count). The van der Waals surface area contributed by atoms with Crippen LogP contribution < -0.4 is 0 Å². The van der Waals surface area contributed by atoms with Crippen molar-refractivity contribution in [3.63, 3.8) is 0 Å². The van der Waals surface area contributed by atoms with Gasteiger partial charge < -0.3 is 14.9 Å². The van der Waals surface area contributed by atoms with E-state index in [-0.39, 0.29) is 6.42 Å². The number of rotatable bonds is 3. The minimum atomic E-state index is -1.26. The Hall–Kier alpha value is -0.610. The van der Waals surface area contributed by atoms with Gasteiger partial charge in [-0.1, -0.05) is 0 Å². The molecule has 0 aromatic carbocycles. The van der Waals surface area contributed by atoms with Gasteiger partial charge in [0.25, 0.3) is 0 Å². The Morgan fingerprint density at radius 1 is 1.64 bits per heavy atom. The summed E-state index contributed by atoms with van der Waals surface area (Å²) in [6, 6.07) is 0. The molecule has 0 saturated heterocycles. The third-order valence-corrected chi connectivity index (χ3v) is 1.40. The number of aliphatic hydroxyl groups excluding tert-OH is 1. The van der Waals surface area contributed by atoms with E-state index in [0.29, 0.717) is 0 Å². The monoisotopic (exact) mass is 162 g/mol. The molecule has 0 unspecified atom stereocenters. The molecule has 0 aliphatic carbocycles. The predicted octanol–water partition coefficient (Wildman–Crippen LogP) is -0.319. The van der Waals surface area contributed by atoms with E-state index < -0.39 is 17.7 Å². The molecule has 0 fully saturated rings. The van der Waals surface area contributed by atoms with Gasteiger partial charge in [0.2, 0.25) is 0 Å². The van der Waals surface area contributed by atoms with Crippen LogP contribution in [0, 0.1) is 0 Å². The van der Waals surface area contributed by atoms with Gasteiger partial charge in [0, 0.05) is 0 Å². The number of carbonyl (C=O) groups excluding carboxylic acids is 1. The number of hydrogen-bond donors (Lipinski definition) is 2. The van der Waals surface area contributed by atoms with Crippen LogP contribution in [0.5, 0.6) is 0 Å². The zero-order chi connectivity index (χ0) is 9.07. The zero-order valence-corrected chi connectivity index (χ0v) is 7.00. The molecule has 0 aromatic heterocycles. The Balaban J connectivity index is 3.87. The standard InChI is InChI=1S/C7H14O4/c1-7(2,10)5(8)4-6(9)11-3/h5,8,10H,4H2,1-3H3/t5-/m1/s1. The quantitative estimate of drug-likeness (QED) is 0.558. The maximum absolute atomic E-state index is 10.6. The van der Waals surface area contributed by atoms with Gasteiger partial charge in [0.15, 0.2) is 0 Å². The van der Waals surface area contributed by atoms with Crippen LogP contribution in [0.2, 0.25) is 0 Å². The second kappa shape index (κ2) is 3.69. The lowest BCUT2D eigenvalue weighted by Gasteiger charge is -2.23. The molecule has 0 heterocycles. The summed E-state index contributed by atoms with van der Waals surface area (Å²) in [7, 11) is 1.24. The summed E-state index contributed by atoms with van der Waals surface area (Å²) >= 11 is 0. The van der Waals surface area contributed by atoms with Gasteiger partial charge in [0.05, 0.1) is 25.2 Å². The maximum atomic E-state index is 10.6. The van der Waals surface area contributed by atoms with E-state index in [1.165, 1.54) is 21.0 Å². The van der Waals surface area contributed by atoms with E-state index in [1.807, 2.05) is 0 Å². The highest BCUT2D eigenvalue weighted by molar-refractivity contribution is 5.69. The highest BCUT2D eigenvalue weighted by Gasteiger charge is 2.26. The average Bonchev–Trinajstić information content (AvgIpc) is 1.85. The Labute approximate surface area is 65.8 Å². The van der Waals surface area contributed by atoms with Crippen molar-refractivity contribution in [2.24, 2.45) is 0 Å². The van der Waals surface area contributed by atoms with Crippen molar-refractivity contribution in [1.29, 1.82) is 0 Å². The maximum Gasteiger partial charge on any atom is 0.308 e. The summed E-state index contributed by atoms with van der Waals surface area (Å²) in [6.45, 7) is 2.86. The second-order valence-corrected chi connectivity index (χ2v) is 2.95. The van der Waals surface area contributed by atoms with Crippen LogP contribution in [0.1, 0.15) is 20.3 Å². The minimum absolute atomic E-state index is 0.181. The Morgan fingerprint density at radius 2 is 2.09 bits per heavy atom. The lowest BCUT2D eigenvalue weighted by Crippen LogP contribution is -2.37. The summed E-state index contributed by atoms with van der Waals surface area (Å²) in [4.78, 5) is 10.6. The van der Waals surface area contributed by atoms with Crippen molar-refractivity contribution in [3.05, 3.63) is 0 Å². The Kier molecular flexibility index (Phi) is 3.48. The Morgan fingerprint density at radius 3 is 2.36 bits per heavy atom. The molecule has 0 spiro atoms. The van der Waals surface area contributed by atoms with Crippen molar-refractivity contribution in [3.8, 4) is 0 Å². The summed E-state index contributed by atoms with van der Waals surface area (Å²) in [5, 5.41) is 18.3. The van der Waals surface area contributed by atoms with Crippen LogP contribution in [-0.2, 0) is 9.53 Å². The number of aliphatic hydroxyl groups is 2. The molecule has 1 atom stereocenters. The third kappa shape index (κ3) is 3.95. The SMILES string of the molecule is COC(=O)C[C@@H](O)C(C)(C)O. The summed E-state index contributed by atoms with van der Waals surface area (Å²) in [5.41, 5.74) is -1.26. The lowest BCUT2D eigenvalue weighted by molar-refractivity contribution is -0.147. The van der Waals surface area contributed by atoms with E-state index >= 15 is 0 Å². The molecule has 66 valence electrons. The van der Waals surface area contributed by atoms with Crippen LogP contribution in [0.25, 0.3) is 0 Å². The van der Waals surface area contributed by atoms with E-state index in [9.17, 15) is 9.90 Å². The van der Waals surface area contributed by atoms with E-state index in [4.69, 9.17) is 5.11 Å². The second-order valence-electron chi connectivity index (χ2n) is 2.95. The molecular formula is C7H14O4. The first-order valence-corrected chi connectivity index (χ1v) is 3.35. The van der Waals surface area contributed by atoms with Crippen molar-refractivity contribution in [2.45, 2.75) is 32.0 Å². The first-order chi connectivity index (χ1) is 4.88. The fourth-order valence-corrected chi connectivity index (χ4v) is 0.491. The largest absolute Gasteiger partial charge is 0.469 e. The number of hydrogen-bond acceptors (Lipinski definition) is 4. The topological polar surface area (TPSA) is 66.8 Å². The van der Waals surface area contributed by atoms with Gasteiger partial charge in [-0.15, -0.1) is 0 Å². The summed E-state index contributed by atoms with van der Waals surface area (Å²) < 4.78 is 4.31. The van der Waals surface area contributed by atoms with Crippen LogP contribution in [0.3, 0.4) is 0 Å².